The van der Waals surface area contributed by atoms with E-state index in [1.165, 1.54) is 4.68 Å². The molecule has 0 radical (unpaired) electrons. The minimum atomic E-state index is -4.45. The summed E-state index contributed by atoms with van der Waals surface area (Å²) in [6, 6.07) is 8.06. The van der Waals surface area contributed by atoms with Gasteiger partial charge in [-0.15, -0.1) is 5.10 Å². The number of nitrogens with one attached hydrogen (secondary N) is 2. The van der Waals surface area contributed by atoms with E-state index in [0.717, 1.165) is 11.6 Å². The smallest absolute Gasteiger partial charge is 0.349 e. The van der Waals surface area contributed by atoms with E-state index in [9.17, 15) is 13.2 Å². The molecule has 0 spiro atoms. The van der Waals surface area contributed by atoms with Gasteiger partial charge in [0.25, 0.3) is 0 Å². The Morgan fingerprint density at radius 1 is 1.25 bits per heavy atom. The number of aromatic amines is 1. The second-order valence-corrected chi connectivity index (χ2v) is 5.80. The van der Waals surface area contributed by atoms with Gasteiger partial charge in [-0.25, -0.2) is 4.68 Å². The van der Waals surface area contributed by atoms with Crippen molar-refractivity contribution < 1.29 is 13.2 Å². The van der Waals surface area contributed by atoms with Crippen molar-refractivity contribution in [2.24, 2.45) is 0 Å². The number of nitrogens with zero attached hydrogens (tertiary/aromatic N) is 4. The van der Waals surface area contributed by atoms with E-state index in [2.05, 4.69) is 41.5 Å². The van der Waals surface area contributed by atoms with Crippen LogP contribution in [0.15, 0.2) is 35.1 Å². The summed E-state index contributed by atoms with van der Waals surface area (Å²) in [6.45, 7) is 2.06. The van der Waals surface area contributed by atoms with Crippen LogP contribution in [-0.4, -0.2) is 25.0 Å². The molecule has 0 bridgehead atoms. The lowest BCUT2D eigenvalue weighted by Crippen LogP contribution is -2.07. The van der Waals surface area contributed by atoms with E-state index in [4.69, 9.17) is 0 Å². The third-order valence-corrected chi connectivity index (χ3v) is 3.62. The molecule has 0 amide bonds. The molecule has 2 N–H and O–H groups in total. The Labute approximate surface area is 143 Å². The summed E-state index contributed by atoms with van der Waals surface area (Å²) >= 11 is 3.16. The van der Waals surface area contributed by atoms with Gasteiger partial charge in [-0.3, -0.25) is 5.10 Å². The van der Waals surface area contributed by atoms with E-state index in [-0.39, 0.29) is 0 Å². The highest BCUT2D eigenvalue weighted by Crippen LogP contribution is 2.29. The molecule has 0 atom stereocenters. The van der Waals surface area contributed by atoms with Crippen LogP contribution in [0.2, 0.25) is 0 Å². The summed E-state index contributed by atoms with van der Waals surface area (Å²) in [5, 5.41) is 13.2. The SMILES string of the molecule is Cc1cc(C(F)(F)F)nn1-c1ccc(CNc2n[nH]c(Br)n2)cc1. The molecule has 1 aromatic carbocycles. The summed E-state index contributed by atoms with van der Waals surface area (Å²) in [5.41, 5.74) is 1.01. The first kappa shape index (κ1) is 16.5. The van der Waals surface area contributed by atoms with Gasteiger partial charge in [0.05, 0.1) is 5.69 Å². The fraction of sp³-hybridized carbons (Fsp3) is 0.214. The van der Waals surface area contributed by atoms with Crippen molar-refractivity contribution in [2.75, 3.05) is 5.32 Å². The standard InChI is InChI=1S/C14H12BrF3N6/c1-8-6-11(14(16,17)18)23-24(8)10-4-2-9(3-5-10)7-19-13-20-12(15)21-22-13/h2-6H,7H2,1H3,(H2,19,20,21,22). The van der Waals surface area contributed by atoms with Crippen LogP contribution in [0.25, 0.3) is 5.69 Å². The summed E-state index contributed by atoms with van der Waals surface area (Å²) in [7, 11) is 0. The molecular formula is C14H12BrF3N6. The molecule has 0 aliphatic carbocycles. The first-order valence-corrected chi connectivity index (χ1v) is 7.67. The Morgan fingerprint density at radius 3 is 2.50 bits per heavy atom. The second kappa shape index (κ2) is 6.27. The zero-order valence-corrected chi connectivity index (χ0v) is 14.0. The molecule has 2 heterocycles. The maximum Gasteiger partial charge on any atom is 0.435 e. The average molecular weight is 401 g/mol. The molecule has 24 heavy (non-hydrogen) atoms. The Kier molecular flexibility index (Phi) is 4.31. The van der Waals surface area contributed by atoms with Crippen LogP contribution in [-0.2, 0) is 12.7 Å². The number of anilines is 1. The fourth-order valence-electron chi connectivity index (χ4n) is 2.13. The molecule has 10 heteroatoms. The fourth-order valence-corrected chi connectivity index (χ4v) is 2.39. The predicted octanol–water partition coefficient (Wildman–Crippen LogP) is 3.69. The first-order chi connectivity index (χ1) is 11.3. The third kappa shape index (κ3) is 3.58. The lowest BCUT2D eigenvalue weighted by molar-refractivity contribution is -0.141. The lowest BCUT2D eigenvalue weighted by atomic mass is 10.2. The molecule has 0 fully saturated rings. The van der Waals surface area contributed by atoms with Gasteiger partial charge in [-0.05, 0) is 46.6 Å². The molecule has 0 saturated carbocycles. The van der Waals surface area contributed by atoms with Crippen molar-refractivity contribution in [3.63, 3.8) is 0 Å². The number of rotatable bonds is 4. The van der Waals surface area contributed by atoms with Gasteiger partial charge in [0.1, 0.15) is 0 Å². The van der Waals surface area contributed by atoms with E-state index < -0.39 is 11.9 Å². The Hall–Kier alpha value is -2.36. The summed E-state index contributed by atoms with van der Waals surface area (Å²) in [5.74, 6) is 0.448. The number of aryl methyl sites for hydroxylation is 1. The number of alkyl halides is 3. The summed E-state index contributed by atoms with van der Waals surface area (Å²) < 4.78 is 40.0. The second-order valence-electron chi connectivity index (χ2n) is 5.05. The molecule has 0 unspecified atom stereocenters. The molecule has 0 saturated heterocycles. The topological polar surface area (TPSA) is 71.4 Å². The summed E-state index contributed by atoms with van der Waals surface area (Å²) in [4.78, 5) is 4.05. The molecular weight excluding hydrogens is 389 g/mol. The maximum absolute atomic E-state index is 12.7. The zero-order valence-electron chi connectivity index (χ0n) is 12.4. The van der Waals surface area contributed by atoms with E-state index in [1.54, 1.807) is 31.2 Å². The number of H-pyrrole nitrogens is 1. The van der Waals surface area contributed by atoms with Crippen molar-refractivity contribution >= 4 is 21.9 Å². The van der Waals surface area contributed by atoms with Crippen molar-refractivity contribution in [3.05, 3.63) is 52.0 Å². The molecule has 0 aliphatic rings. The van der Waals surface area contributed by atoms with Crippen molar-refractivity contribution in [3.8, 4) is 5.69 Å². The Balaban J connectivity index is 1.73. The quantitative estimate of drug-likeness (QED) is 0.700. The number of benzene rings is 1. The third-order valence-electron chi connectivity index (χ3n) is 3.27. The first-order valence-electron chi connectivity index (χ1n) is 6.88. The highest BCUT2D eigenvalue weighted by Gasteiger charge is 2.34. The van der Waals surface area contributed by atoms with Gasteiger partial charge < -0.3 is 5.32 Å². The average Bonchev–Trinajstić information content (AvgIpc) is 3.11. The monoisotopic (exact) mass is 400 g/mol. The highest BCUT2D eigenvalue weighted by molar-refractivity contribution is 9.10. The van der Waals surface area contributed by atoms with Gasteiger partial charge in [0.2, 0.25) is 5.95 Å². The van der Waals surface area contributed by atoms with Crippen LogP contribution >= 0.6 is 15.9 Å². The molecule has 0 aliphatic heterocycles. The van der Waals surface area contributed by atoms with Crippen LogP contribution in [0, 0.1) is 6.92 Å². The maximum atomic E-state index is 12.7. The molecule has 6 nitrogen and oxygen atoms in total. The highest BCUT2D eigenvalue weighted by atomic mass is 79.9. The van der Waals surface area contributed by atoms with Crippen LogP contribution in [0.1, 0.15) is 17.0 Å². The van der Waals surface area contributed by atoms with E-state index >= 15 is 0 Å². The summed E-state index contributed by atoms with van der Waals surface area (Å²) in [6.07, 6.45) is -4.45. The Bertz CT molecular complexity index is 837. The molecule has 126 valence electrons. The Morgan fingerprint density at radius 2 is 1.96 bits per heavy atom. The lowest BCUT2D eigenvalue weighted by Gasteiger charge is -2.07. The number of halogens is 4. The minimum Gasteiger partial charge on any atom is -0.349 e. The van der Waals surface area contributed by atoms with Crippen molar-refractivity contribution in [1.29, 1.82) is 0 Å². The van der Waals surface area contributed by atoms with E-state index in [0.29, 0.717) is 28.6 Å². The van der Waals surface area contributed by atoms with Crippen molar-refractivity contribution in [1.82, 2.24) is 25.0 Å². The van der Waals surface area contributed by atoms with Crippen molar-refractivity contribution in [2.45, 2.75) is 19.6 Å². The predicted molar refractivity (Wildman–Crippen MR) is 84.7 cm³/mol. The zero-order chi connectivity index (χ0) is 17.3. The number of hydrogen-bond acceptors (Lipinski definition) is 4. The molecule has 2 aromatic heterocycles. The van der Waals surface area contributed by atoms with Crippen LogP contribution in [0.3, 0.4) is 0 Å². The normalized spacial score (nSPS) is 11.7. The molecule has 3 aromatic rings. The number of aromatic nitrogens is 5. The van der Waals surface area contributed by atoms with Gasteiger partial charge >= 0.3 is 6.18 Å². The van der Waals surface area contributed by atoms with Gasteiger partial charge in [0, 0.05) is 12.2 Å². The van der Waals surface area contributed by atoms with Crippen LogP contribution in [0.5, 0.6) is 0 Å². The van der Waals surface area contributed by atoms with E-state index in [1.807, 2.05) is 0 Å². The van der Waals surface area contributed by atoms with Gasteiger partial charge in [-0.2, -0.15) is 23.3 Å². The largest absolute Gasteiger partial charge is 0.435 e. The number of hydrogen-bond donors (Lipinski definition) is 2. The van der Waals surface area contributed by atoms with Gasteiger partial charge in [0.15, 0.2) is 10.4 Å². The minimum absolute atomic E-state index is 0.416. The molecule has 3 rings (SSSR count). The van der Waals surface area contributed by atoms with Gasteiger partial charge in [-0.1, -0.05) is 12.1 Å². The van der Waals surface area contributed by atoms with Crippen LogP contribution in [0.4, 0.5) is 19.1 Å². The van der Waals surface area contributed by atoms with Crippen LogP contribution < -0.4 is 5.32 Å².